The zero-order valence-corrected chi connectivity index (χ0v) is 11.6. The molecule has 0 spiro atoms. The Balaban J connectivity index is 2.96. The first kappa shape index (κ1) is 15.8. The summed E-state index contributed by atoms with van der Waals surface area (Å²) in [5.41, 5.74) is -0.472. The van der Waals surface area contributed by atoms with E-state index < -0.39 is 26.7 Å². The lowest BCUT2D eigenvalue weighted by Gasteiger charge is -2.08. The monoisotopic (exact) mass is 308 g/mol. The van der Waals surface area contributed by atoms with E-state index in [0.717, 1.165) is 12.1 Å². The van der Waals surface area contributed by atoms with Crippen molar-refractivity contribution < 1.29 is 18.4 Å². The van der Waals surface area contributed by atoms with Gasteiger partial charge in [-0.15, -0.1) is 0 Å². The van der Waals surface area contributed by atoms with Crippen LogP contribution in [0.2, 0.25) is 5.02 Å². The van der Waals surface area contributed by atoms with Crippen molar-refractivity contribution in [2.24, 2.45) is 0 Å². The Labute approximate surface area is 115 Å². The molecule has 19 heavy (non-hydrogen) atoms. The van der Waals surface area contributed by atoms with Crippen LogP contribution in [0.25, 0.3) is 0 Å². The molecule has 2 N–H and O–H groups in total. The van der Waals surface area contributed by atoms with Gasteiger partial charge in [-0.05, 0) is 25.5 Å². The van der Waals surface area contributed by atoms with Crippen molar-refractivity contribution in [1.29, 1.82) is 0 Å². The third-order valence-electron chi connectivity index (χ3n) is 2.28. The molecule has 0 bridgehead atoms. The Bertz CT molecular complexity index is 573. The van der Waals surface area contributed by atoms with E-state index in [9.17, 15) is 18.5 Å². The van der Waals surface area contributed by atoms with Crippen molar-refractivity contribution in [2.75, 3.05) is 6.54 Å². The zero-order chi connectivity index (χ0) is 14.6. The summed E-state index contributed by atoms with van der Waals surface area (Å²) in [5.74, 6) is 0. The quantitative estimate of drug-likeness (QED) is 0.608. The van der Waals surface area contributed by atoms with Gasteiger partial charge in [0.2, 0.25) is 10.0 Å². The molecule has 0 aliphatic heterocycles. The van der Waals surface area contributed by atoms with Crippen molar-refractivity contribution in [1.82, 2.24) is 4.72 Å². The number of benzene rings is 1. The molecule has 0 aliphatic rings. The van der Waals surface area contributed by atoms with Gasteiger partial charge in [0.15, 0.2) is 0 Å². The van der Waals surface area contributed by atoms with E-state index in [1.165, 1.54) is 13.0 Å². The summed E-state index contributed by atoms with van der Waals surface area (Å²) in [6.07, 6.45) is -0.392. The number of aliphatic hydroxyl groups is 1. The van der Waals surface area contributed by atoms with Crippen LogP contribution in [0.1, 0.15) is 13.3 Å². The summed E-state index contributed by atoms with van der Waals surface area (Å²) in [4.78, 5) is 9.68. The van der Waals surface area contributed by atoms with Crippen LogP contribution in [0.15, 0.2) is 23.1 Å². The normalized spacial score (nSPS) is 13.2. The molecule has 1 aromatic rings. The van der Waals surface area contributed by atoms with Gasteiger partial charge in [0.1, 0.15) is 5.02 Å². The highest BCUT2D eigenvalue weighted by Crippen LogP contribution is 2.26. The van der Waals surface area contributed by atoms with Crippen molar-refractivity contribution in [3.8, 4) is 0 Å². The number of halogens is 1. The molecule has 1 aromatic carbocycles. The Morgan fingerprint density at radius 3 is 2.68 bits per heavy atom. The van der Waals surface area contributed by atoms with Gasteiger partial charge >= 0.3 is 0 Å². The Morgan fingerprint density at radius 1 is 1.53 bits per heavy atom. The molecule has 7 nitrogen and oxygen atoms in total. The number of nitrogens with one attached hydrogen (secondary N) is 1. The largest absolute Gasteiger partial charge is 0.393 e. The first-order valence-corrected chi connectivity index (χ1v) is 7.22. The van der Waals surface area contributed by atoms with E-state index >= 15 is 0 Å². The Kier molecular flexibility index (Phi) is 5.24. The molecule has 1 rings (SSSR count). The third kappa shape index (κ3) is 4.43. The standard InChI is InChI=1S/C10H13ClN2O5S/c1-7(14)4-5-12-19(17,18)8-2-3-9(11)10(6-8)13(15)16/h2-3,6-7,12,14H,4-5H2,1H3. The summed E-state index contributed by atoms with van der Waals surface area (Å²) in [5, 5.41) is 19.6. The van der Waals surface area contributed by atoms with Gasteiger partial charge in [0.25, 0.3) is 5.69 Å². The molecule has 1 atom stereocenters. The van der Waals surface area contributed by atoms with Gasteiger partial charge in [0, 0.05) is 12.6 Å². The second-order valence-corrected chi connectivity index (χ2v) is 6.08. The molecule has 0 saturated heterocycles. The van der Waals surface area contributed by atoms with Gasteiger partial charge in [-0.3, -0.25) is 10.1 Å². The summed E-state index contributed by atoms with van der Waals surface area (Å²) >= 11 is 5.60. The fourth-order valence-electron chi connectivity index (χ4n) is 1.29. The molecule has 0 radical (unpaired) electrons. The smallest absolute Gasteiger partial charge is 0.289 e. The second kappa shape index (κ2) is 6.29. The number of hydrogen-bond donors (Lipinski definition) is 2. The van der Waals surface area contributed by atoms with Crippen LogP contribution in [-0.2, 0) is 10.0 Å². The Morgan fingerprint density at radius 2 is 2.16 bits per heavy atom. The zero-order valence-electron chi connectivity index (χ0n) is 10.0. The summed E-state index contributed by atoms with van der Waals surface area (Å²) in [6.45, 7) is 1.57. The molecule has 0 aromatic heterocycles. The van der Waals surface area contributed by atoms with Gasteiger partial charge in [-0.25, -0.2) is 13.1 Å². The van der Waals surface area contributed by atoms with Gasteiger partial charge in [-0.2, -0.15) is 0 Å². The molecule has 0 aliphatic carbocycles. The minimum Gasteiger partial charge on any atom is -0.393 e. The molecular formula is C10H13ClN2O5S. The lowest BCUT2D eigenvalue weighted by Crippen LogP contribution is -2.26. The highest BCUT2D eigenvalue weighted by Gasteiger charge is 2.20. The number of nitro groups is 1. The minimum absolute atomic E-state index is 0.0381. The predicted octanol–water partition coefficient (Wildman–Crippen LogP) is 1.30. The van der Waals surface area contributed by atoms with Crippen LogP contribution in [0.5, 0.6) is 0 Å². The van der Waals surface area contributed by atoms with Crippen molar-refractivity contribution >= 4 is 27.3 Å². The van der Waals surface area contributed by atoms with E-state index in [0.29, 0.717) is 0 Å². The molecule has 9 heteroatoms. The fourth-order valence-corrected chi connectivity index (χ4v) is 2.54. The fraction of sp³-hybridized carbons (Fsp3) is 0.400. The van der Waals surface area contributed by atoms with Gasteiger partial charge in [0.05, 0.1) is 15.9 Å². The number of hydrogen-bond acceptors (Lipinski definition) is 5. The maximum Gasteiger partial charge on any atom is 0.289 e. The lowest BCUT2D eigenvalue weighted by atomic mass is 10.3. The van der Waals surface area contributed by atoms with Crippen molar-refractivity contribution in [2.45, 2.75) is 24.3 Å². The SMILES string of the molecule is CC(O)CCNS(=O)(=O)c1ccc(Cl)c([N+](=O)[O-])c1. The number of aliphatic hydroxyl groups excluding tert-OH is 1. The summed E-state index contributed by atoms with van der Waals surface area (Å²) in [6, 6.07) is 3.23. The van der Waals surface area contributed by atoms with E-state index in [-0.39, 0.29) is 22.9 Å². The molecule has 1 unspecified atom stereocenters. The van der Waals surface area contributed by atoms with E-state index in [2.05, 4.69) is 4.72 Å². The molecule has 106 valence electrons. The number of nitrogens with zero attached hydrogens (tertiary/aromatic N) is 1. The number of rotatable bonds is 6. The first-order chi connectivity index (χ1) is 8.74. The molecular weight excluding hydrogens is 296 g/mol. The summed E-state index contributed by atoms with van der Waals surface area (Å²) < 4.78 is 25.9. The molecule has 0 saturated carbocycles. The maximum atomic E-state index is 11.8. The second-order valence-electron chi connectivity index (χ2n) is 3.91. The van der Waals surface area contributed by atoms with E-state index in [1.807, 2.05) is 0 Å². The van der Waals surface area contributed by atoms with Crippen LogP contribution in [-0.4, -0.2) is 31.1 Å². The average Bonchev–Trinajstić information content (AvgIpc) is 2.27. The highest BCUT2D eigenvalue weighted by atomic mass is 35.5. The maximum absolute atomic E-state index is 11.8. The van der Waals surface area contributed by atoms with Crippen molar-refractivity contribution in [3.63, 3.8) is 0 Å². The van der Waals surface area contributed by atoms with E-state index in [4.69, 9.17) is 16.7 Å². The molecule has 0 heterocycles. The van der Waals surface area contributed by atoms with Crippen LogP contribution in [0.4, 0.5) is 5.69 Å². The minimum atomic E-state index is -3.85. The van der Waals surface area contributed by atoms with Crippen LogP contribution < -0.4 is 4.72 Å². The van der Waals surface area contributed by atoms with E-state index in [1.54, 1.807) is 0 Å². The van der Waals surface area contributed by atoms with Crippen LogP contribution >= 0.6 is 11.6 Å². The highest BCUT2D eigenvalue weighted by molar-refractivity contribution is 7.89. The van der Waals surface area contributed by atoms with Gasteiger partial charge < -0.3 is 5.11 Å². The third-order valence-corrected chi connectivity index (χ3v) is 4.06. The lowest BCUT2D eigenvalue weighted by molar-refractivity contribution is -0.384. The Hall–Kier alpha value is -1.22. The van der Waals surface area contributed by atoms with Gasteiger partial charge in [-0.1, -0.05) is 11.6 Å². The summed E-state index contributed by atoms with van der Waals surface area (Å²) in [7, 11) is -3.85. The number of nitro benzene ring substituents is 1. The molecule has 0 fully saturated rings. The first-order valence-electron chi connectivity index (χ1n) is 5.35. The van der Waals surface area contributed by atoms with Crippen LogP contribution in [0.3, 0.4) is 0 Å². The van der Waals surface area contributed by atoms with Crippen molar-refractivity contribution in [3.05, 3.63) is 33.3 Å². The number of sulfonamides is 1. The average molecular weight is 309 g/mol. The van der Waals surface area contributed by atoms with Crippen LogP contribution in [0, 0.1) is 10.1 Å². The predicted molar refractivity (Wildman–Crippen MR) is 69.6 cm³/mol. The topological polar surface area (TPSA) is 110 Å². The molecule has 0 amide bonds.